The Bertz CT molecular complexity index is 311. The highest BCUT2D eigenvalue weighted by molar-refractivity contribution is 5.25. The average Bonchev–Trinajstić information content (AvgIpc) is 2.33. The van der Waals surface area contributed by atoms with E-state index in [9.17, 15) is 0 Å². The van der Waals surface area contributed by atoms with Gasteiger partial charge in [-0.1, -0.05) is 0 Å². The van der Waals surface area contributed by atoms with Crippen molar-refractivity contribution in [1.82, 2.24) is 9.97 Å². The molecule has 0 aliphatic carbocycles. The van der Waals surface area contributed by atoms with Crippen LogP contribution in [0.2, 0.25) is 0 Å². The van der Waals surface area contributed by atoms with Crippen molar-refractivity contribution in [3.8, 4) is 5.88 Å². The molecule has 0 spiro atoms. The Morgan fingerprint density at radius 3 is 2.41 bits per heavy atom. The SMILES string of the molecule is NCCOCCOCCOc1cncc(N)n1. The van der Waals surface area contributed by atoms with Crippen LogP contribution in [0, 0.1) is 0 Å². The van der Waals surface area contributed by atoms with Gasteiger partial charge in [0.05, 0.1) is 38.8 Å². The third-order valence-corrected chi connectivity index (χ3v) is 1.74. The summed E-state index contributed by atoms with van der Waals surface area (Å²) < 4.78 is 15.7. The Morgan fingerprint density at radius 2 is 1.71 bits per heavy atom. The van der Waals surface area contributed by atoms with Gasteiger partial charge in [-0.05, 0) is 0 Å². The van der Waals surface area contributed by atoms with Crippen molar-refractivity contribution in [1.29, 1.82) is 0 Å². The molecule has 17 heavy (non-hydrogen) atoms. The second kappa shape index (κ2) is 8.68. The van der Waals surface area contributed by atoms with Crippen LogP contribution in [0.3, 0.4) is 0 Å². The number of nitrogen functional groups attached to an aromatic ring is 1. The van der Waals surface area contributed by atoms with Crippen molar-refractivity contribution in [2.45, 2.75) is 0 Å². The van der Waals surface area contributed by atoms with Gasteiger partial charge in [-0.25, -0.2) is 0 Å². The van der Waals surface area contributed by atoms with E-state index >= 15 is 0 Å². The normalized spacial score (nSPS) is 10.4. The highest BCUT2D eigenvalue weighted by Crippen LogP contribution is 2.05. The molecule has 0 amide bonds. The number of anilines is 1. The van der Waals surface area contributed by atoms with E-state index in [1.165, 1.54) is 12.4 Å². The average molecular weight is 242 g/mol. The quantitative estimate of drug-likeness (QED) is 0.558. The van der Waals surface area contributed by atoms with Gasteiger partial charge in [0.15, 0.2) is 0 Å². The summed E-state index contributed by atoms with van der Waals surface area (Å²) in [6.07, 6.45) is 2.96. The second-order valence-electron chi connectivity index (χ2n) is 3.14. The molecular weight excluding hydrogens is 224 g/mol. The Morgan fingerprint density at radius 1 is 1.00 bits per heavy atom. The lowest BCUT2D eigenvalue weighted by molar-refractivity contribution is 0.0382. The zero-order valence-corrected chi connectivity index (χ0v) is 9.67. The van der Waals surface area contributed by atoms with Crippen molar-refractivity contribution in [2.24, 2.45) is 5.73 Å². The lowest BCUT2D eigenvalue weighted by atomic mass is 10.6. The standard InChI is InChI=1S/C10H18N4O3/c11-1-2-15-3-4-16-5-6-17-10-8-13-7-9(12)14-10/h7-8H,1-6,11H2,(H2,12,14). The zero-order valence-electron chi connectivity index (χ0n) is 9.67. The lowest BCUT2D eigenvalue weighted by Crippen LogP contribution is -2.14. The maximum Gasteiger partial charge on any atom is 0.234 e. The first-order valence-corrected chi connectivity index (χ1v) is 5.39. The molecule has 4 N–H and O–H groups in total. The fraction of sp³-hybridized carbons (Fsp3) is 0.600. The summed E-state index contributed by atoms with van der Waals surface area (Å²) in [5, 5.41) is 0. The molecule has 1 rings (SSSR count). The third kappa shape index (κ3) is 6.67. The van der Waals surface area contributed by atoms with Crippen LogP contribution in [0.15, 0.2) is 12.4 Å². The van der Waals surface area contributed by atoms with Crippen molar-refractivity contribution in [3.05, 3.63) is 12.4 Å². The summed E-state index contributed by atoms with van der Waals surface area (Å²) in [5.74, 6) is 0.728. The van der Waals surface area contributed by atoms with E-state index in [4.69, 9.17) is 25.7 Å². The maximum absolute atomic E-state index is 5.45. The number of aromatic nitrogens is 2. The van der Waals surface area contributed by atoms with Gasteiger partial charge in [0, 0.05) is 6.54 Å². The third-order valence-electron chi connectivity index (χ3n) is 1.74. The minimum Gasteiger partial charge on any atom is -0.474 e. The summed E-state index contributed by atoms with van der Waals surface area (Å²) in [6, 6.07) is 0. The predicted molar refractivity (Wildman–Crippen MR) is 62.6 cm³/mol. The molecule has 96 valence electrons. The van der Waals surface area contributed by atoms with Gasteiger partial charge >= 0.3 is 0 Å². The Balaban J connectivity index is 1.97. The highest BCUT2D eigenvalue weighted by atomic mass is 16.5. The summed E-state index contributed by atoms with van der Waals surface area (Å²) in [6.45, 7) is 2.99. The zero-order chi connectivity index (χ0) is 12.3. The van der Waals surface area contributed by atoms with Crippen LogP contribution in [0.25, 0.3) is 0 Å². The van der Waals surface area contributed by atoms with Crippen LogP contribution in [0.4, 0.5) is 5.82 Å². The van der Waals surface area contributed by atoms with Gasteiger partial charge in [0.2, 0.25) is 5.88 Å². The van der Waals surface area contributed by atoms with Gasteiger partial charge in [-0.3, -0.25) is 4.98 Å². The molecular formula is C10H18N4O3. The number of hydrogen-bond donors (Lipinski definition) is 2. The number of ether oxygens (including phenoxy) is 3. The first-order chi connectivity index (χ1) is 8.33. The van der Waals surface area contributed by atoms with Crippen LogP contribution < -0.4 is 16.2 Å². The molecule has 0 fully saturated rings. The van der Waals surface area contributed by atoms with Gasteiger partial charge in [-0.15, -0.1) is 0 Å². The molecule has 1 heterocycles. The van der Waals surface area contributed by atoms with E-state index in [2.05, 4.69) is 9.97 Å². The molecule has 0 aliphatic rings. The maximum atomic E-state index is 5.45. The van der Waals surface area contributed by atoms with E-state index in [-0.39, 0.29) is 0 Å². The molecule has 0 radical (unpaired) electrons. The molecule has 0 saturated carbocycles. The van der Waals surface area contributed by atoms with Gasteiger partial charge in [-0.2, -0.15) is 4.98 Å². The largest absolute Gasteiger partial charge is 0.474 e. The topological polar surface area (TPSA) is 106 Å². The van der Waals surface area contributed by atoms with Crippen LogP contribution in [0.1, 0.15) is 0 Å². The Hall–Kier alpha value is -1.44. The second-order valence-corrected chi connectivity index (χ2v) is 3.14. The van der Waals surface area contributed by atoms with Crippen molar-refractivity contribution < 1.29 is 14.2 Å². The first kappa shape index (κ1) is 13.6. The van der Waals surface area contributed by atoms with Gasteiger partial charge in [0.25, 0.3) is 0 Å². The fourth-order valence-electron chi connectivity index (χ4n) is 1.04. The van der Waals surface area contributed by atoms with Crippen LogP contribution >= 0.6 is 0 Å². The Kier molecular flexibility index (Phi) is 6.96. The van der Waals surface area contributed by atoms with Crippen molar-refractivity contribution >= 4 is 5.82 Å². The molecule has 0 atom stereocenters. The number of rotatable bonds is 9. The van der Waals surface area contributed by atoms with Gasteiger partial charge in [0.1, 0.15) is 12.4 Å². The molecule has 0 aromatic carbocycles. The summed E-state index contributed by atoms with van der Waals surface area (Å²) in [7, 11) is 0. The summed E-state index contributed by atoms with van der Waals surface area (Å²) in [4.78, 5) is 7.78. The minimum absolute atomic E-state index is 0.332. The minimum atomic E-state index is 0.332. The fourth-order valence-corrected chi connectivity index (χ4v) is 1.04. The summed E-state index contributed by atoms with van der Waals surface area (Å²) in [5.41, 5.74) is 10.7. The van der Waals surface area contributed by atoms with Gasteiger partial charge < -0.3 is 25.7 Å². The number of nitrogens with zero attached hydrogens (tertiary/aromatic N) is 2. The highest BCUT2D eigenvalue weighted by Gasteiger charge is 1.96. The molecule has 7 nitrogen and oxygen atoms in total. The lowest BCUT2D eigenvalue weighted by Gasteiger charge is -2.06. The van der Waals surface area contributed by atoms with E-state index in [0.717, 1.165) is 0 Å². The molecule has 0 aliphatic heterocycles. The van der Waals surface area contributed by atoms with Crippen molar-refractivity contribution in [2.75, 3.05) is 45.3 Å². The number of hydrogen-bond acceptors (Lipinski definition) is 7. The summed E-state index contributed by atoms with van der Waals surface area (Å²) >= 11 is 0. The molecule has 0 unspecified atom stereocenters. The van der Waals surface area contributed by atoms with Crippen LogP contribution in [-0.2, 0) is 9.47 Å². The molecule has 1 aromatic rings. The monoisotopic (exact) mass is 242 g/mol. The first-order valence-electron chi connectivity index (χ1n) is 5.39. The van der Waals surface area contributed by atoms with E-state index in [0.29, 0.717) is 51.3 Å². The molecule has 0 bridgehead atoms. The number of nitrogens with two attached hydrogens (primary N) is 2. The van der Waals surface area contributed by atoms with Crippen LogP contribution in [-0.4, -0.2) is 49.5 Å². The smallest absolute Gasteiger partial charge is 0.234 e. The molecule has 0 saturated heterocycles. The van der Waals surface area contributed by atoms with Crippen LogP contribution in [0.5, 0.6) is 5.88 Å². The van der Waals surface area contributed by atoms with E-state index in [1.54, 1.807) is 0 Å². The molecule has 1 aromatic heterocycles. The Labute approximate surface area is 100 Å². The molecule has 7 heteroatoms. The van der Waals surface area contributed by atoms with Crippen molar-refractivity contribution in [3.63, 3.8) is 0 Å². The van der Waals surface area contributed by atoms with E-state index < -0.39 is 0 Å². The predicted octanol–water partition coefficient (Wildman–Crippen LogP) is -0.570. The van der Waals surface area contributed by atoms with E-state index in [1.807, 2.05) is 0 Å².